The predicted octanol–water partition coefficient (Wildman–Crippen LogP) is 3.17. The summed E-state index contributed by atoms with van der Waals surface area (Å²) in [6, 6.07) is 0.0642. The molecule has 3 nitrogen and oxygen atoms in total. The van der Waals surface area contributed by atoms with Gasteiger partial charge in [-0.15, -0.1) is 0 Å². The lowest BCUT2D eigenvalue weighted by Crippen LogP contribution is -2.31. The van der Waals surface area contributed by atoms with Crippen molar-refractivity contribution in [2.75, 3.05) is 6.26 Å². The van der Waals surface area contributed by atoms with Gasteiger partial charge in [0.25, 0.3) is 0 Å². The van der Waals surface area contributed by atoms with Gasteiger partial charge in [-0.25, -0.2) is 13.1 Å². The maximum atomic E-state index is 10.9. The maximum Gasteiger partial charge on any atom is 0.208 e. The van der Waals surface area contributed by atoms with Crippen LogP contribution in [0, 0.1) is 5.92 Å². The van der Waals surface area contributed by atoms with Crippen LogP contribution in [0.3, 0.4) is 0 Å². The summed E-state index contributed by atoms with van der Waals surface area (Å²) in [5.41, 5.74) is 0. The van der Waals surface area contributed by atoms with Crippen molar-refractivity contribution in [2.45, 2.75) is 66.3 Å². The van der Waals surface area contributed by atoms with Crippen LogP contribution in [0.25, 0.3) is 0 Å². The molecule has 0 saturated heterocycles. The van der Waals surface area contributed by atoms with E-state index >= 15 is 0 Å². The smallest absolute Gasteiger partial charge is 0.208 e. The second-order valence-electron chi connectivity index (χ2n) is 4.40. The van der Waals surface area contributed by atoms with Crippen LogP contribution in [0.5, 0.6) is 0 Å². The van der Waals surface area contributed by atoms with E-state index in [2.05, 4.69) is 18.6 Å². The minimum Gasteiger partial charge on any atom is -0.213 e. The average molecular weight is 251 g/mol. The van der Waals surface area contributed by atoms with Crippen LogP contribution >= 0.6 is 0 Å². The fourth-order valence-corrected chi connectivity index (χ4v) is 2.68. The third-order valence-electron chi connectivity index (χ3n) is 2.82. The fraction of sp³-hybridized carbons (Fsp3) is 1.00. The highest BCUT2D eigenvalue weighted by Gasteiger charge is 2.09. The maximum absolute atomic E-state index is 10.9. The molecule has 16 heavy (non-hydrogen) atoms. The Kier molecular flexibility index (Phi) is 10.3. The Bertz CT molecular complexity index is 246. The minimum absolute atomic E-state index is 0. The Morgan fingerprint density at radius 2 is 1.62 bits per heavy atom. The molecule has 0 radical (unpaired) electrons. The van der Waals surface area contributed by atoms with Crippen LogP contribution in [-0.2, 0) is 10.0 Å². The van der Waals surface area contributed by atoms with Gasteiger partial charge in [-0.2, -0.15) is 0 Å². The predicted molar refractivity (Wildman–Crippen MR) is 72.1 cm³/mol. The summed E-state index contributed by atoms with van der Waals surface area (Å²) in [5.74, 6) is 0.801. The molecule has 0 heterocycles. The second kappa shape index (κ2) is 8.99. The molecule has 0 aromatic carbocycles. The van der Waals surface area contributed by atoms with Crippen molar-refractivity contribution in [1.82, 2.24) is 4.72 Å². The Morgan fingerprint density at radius 3 is 2.00 bits per heavy atom. The summed E-state index contributed by atoms with van der Waals surface area (Å²) in [4.78, 5) is 0. The van der Waals surface area contributed by atoms with Gasteiger partial charge in [0, 0.05) is 6.04 Å². The summed E-state index contributed by atoms with van der Waals surface area (Å²) >= 11 is 0. The van der Waals surface area contributed by atoms with E-state index in [-0.39, 0.29) is 13.5 Å². The van der Waals surface area contributed by atoms with Crippen LogP contribution in [0.4, 0.5) is 0 Å². The molecule has 0 saturated carbocycles. The number of sulfonamides is 1. The van der Waals surface area contributed by atoms with Crippen molar-refractivity contribution in [2.24, 2.45) is 5.92 Å². The summed E-state index contributed by atoms with van der Waals surface area (Å²) in [6.45, 7) is 6.35. The van der Waals surface area contributed by atoms with Crippen molar-refractivity contribution in [1.29, 1.82) is 0 Å². The van der Waals surface area contributed by atoms with Crippen LogP contribution in [-0.4, -0.2) is 20.7 Å². The lowest BCUT2D eigenvalue weighted by atomic mass is 9.96. The van der Waals surface area contributed by atoms with E-state index < -0.39 is 10.0 Å². The molecule has 1 atom stereocenters. The second-order valence-corrected chi connectivity index (χ2v) is 6.18. The zero-order valence-corrected chi connectivity index (χ0v) is 11.2. The quantitative estimate of drug-likeness (QED) is 0.720. The first kappa shape index (κ1) is 18.3. The minimum atomic E-state index is -3.04. The van der Waals surface area contributed by atoms with Gasteiger partial charge in [-0.3, -0.25) is 0 Å². The zero-order chi connectivity index (χ0) is 11.9. The molecule has 0 spiro atoms. The number of rotatable bonds is 8. The molecular weight excluding hydrogens is 222 g/mol. The largest absolute Gasteiger partial charge is 0.213 e. The van der Waals surface area contributed by atoms with E-state index in [1.165, 1.54) is 25.5 Å². The van der Waals surface area contributed by atoms with Crippen molar-refractivity contribution < 1.29 is 8.42 Å². The van der Waals surface area contributed by atoms with Crippen LogP contribution < -0.4 is 4.72 Å². The van der Waals surface area contributed by atoms with Gasteiger partial charge in [-0.1, -0.05) is 47.0 Å². The number of nitrogens with one attached hydrogen (secondary N) is 1. The van der Waals surface area contributed by atoms with Gasteiger partial charge in [0.2, 0.25) is 10.0 Å². The molecule has 1 N–H and O–H groups in total. The topological polar surface area (TPSA) is 46.2 Å². The lowest BCUT2D eigenvalue weighted by Gasteiger charge is -2.15. The summed E-state index contributed by atoms with van der Waals surface area (Å²) < 4.78 is 24.5. The third-order valence-corrected chi connectivity index (χ3v) is 3.65. The fourth-order valence-electron chi connectivity index (χ4n) is 1.83. The molecule has 0 amide bonds. The molecule has 0 bridgehead atoms. The highest BCUT2D eigenvalue weighted by Crippen LogP contribution is 2.16. The van der Waals surface area contributed by atoms with Crippen molar-refractivity contribution >= 4 is 10.0 Å². The van der Waals surface area contributed by atoms with Crippen molar-refractivity contribution in [3.05, 3.63) is 0 Å². The zero-order valence-electron chi connectivity index (χ0n) is 10.4. The normalized spacial score (nSPS) is 13.6. The molecule has 0 fully saturated rings. The van der Waals surface area contributed by atoms with Crippen molar-refractivity contribution in [3.63, 3.8) is 0 Å². The molecule has 0 aromatic rings. The van der Waals surface area contributed by atoms with Gasteiger partial charge in [-0.05, 0) is 19.3 Å². The average Bonchev–Trinajstić information content (AvgIpc) is 2.09. The monoisotopic (exact) mass is 251 g/mol. The molecular formula is C12H29NO2S. The van der Waals surface area contributed by atoms with E-state index in [1.54, 1.807) is 0 Å². The first-order valence-electron chi connectivity index (χ1n) is 5.86. The SMILES string of the molecule is C.CCC(CC)CCCC(C)NS(C)(=O)=O. The molecule has 0 rings (SSSR count). The summed E-state index contributed by atoms with van der Waals surface area (Å²) in [5, 5.41) is 0. The van der Waals surface area contributed by atoms with E-state index in [4.69, 9.17) is 0 Å². The van der Waals surface area contributed by atoms with Gasteiger partial charge in [0.05, 0.1) is 6.26 Å². The Morgan fingerprint density at radius 1 is 1.12 bits per heavy atom. The highest BCUT2D eigenvalue weighted by atomic mass is 32.2. The Hall–Kier alpha value is -0.0900. The first-order chi connectivity index (χ1) is 6.89. The van der Waals surface area contributed by atoms with E-state index in [0.29, 0.717) is 0 Å². The molecule has 0 aliphatic carbocycles. The van der Waals surface area contributed by atoms with Gasteiger partial charge >= 0.3 is 0 Å². The lowest BCUT2D eigenvalue weighted by molar-refractivity contribution is 0.419. The van der Waals surface area contributed by atoms with E-state index in [0.717, 1.165) is 18.8 Å². The van der Waals surface area contributed by atoms with Gasteiger partial charge in [0.1, 0.15) is 0 Å². The Labute approximate surface area is 102 Å². The summed E-state index contributed by atoms with van der Waals surface area (Å²) in [6.07, 6.45) is 6.92. The van der Waals surface area contributed by atoms with Crippen molar-refractivity contribution in [3.8, 4) is 0 Å². The van der Waals surface area contributed by atoms with Crippen LogP contribution in [0.1, 0.15) is 60.3 Å². The van der Waals surface area contributed by atoms with Gasteiger partial charge in [0.15, 0.2) is 0 Å². The van der Waals surface area contributed by atoms with E-state index in [1.807, 2.05) is 6.92 Å². The van der Waals surface area contributed by atoms with Gasteiger partial charge < -0.3 is 0 Å². The molecule has 1 unspecified atom stereocenters. The summed E-state index contributed by atoms with van der Waals surface area (Å²) in [7, 11) is -3.04. The molecule has 100 valence electrons. The molecule has 0 aromatic heterocycles. The number of hydrogen-bond donors (Lipinski definition) is 1. The molecule has 0 aliphatic heterocycles. The standard InChI is InChI=1S/C11H25NO2S.CH4/c1-5-11(6-2)9-7-8-10(3)12-15(4,13)14;/h10-12H,5-9H2,1-4H3;1H4. The molecule has 0 aliphatic rings. The Balaban J connectivity index is 0. The van der Waals surface area contributed by atoms with E-state index in [9.17, 15) is 8.42 Å². The highest BCUT2D eigenvalue weighted by molar-refractivity contribution is 7.88. The molecule has 4 heteroatoms. The van der Waals surface area contributed by atoms with Crippen LogP contribution in [0.15, 0.2) is 0 Å². The first-order valence-corrected chi connectivity index (χ1v) is 7.75. The van der Waals surface area contributed by atoms with Crippen LogP contribution in [0.2, 0.25) is 0 Å². The third kappa shape index (κ3) is 10.4. The number of hydrogen-bond acceptors (Lipinski definition) is 2.